The molecule has 0 radical (unpaired) electrons. The first-order valence-corrected chi connectivity index (χ1v) is 6.43. The maximum Gasteiger partial charge on any atom is 0.249 e. The molecule has 100 valence electrons. The van der Waals surface area contributed by atoms with Crippen LogP contribution in [0.2, 0.25) is 0 Å². The molecule has 0 bridgehead atoms. The quantitative estimate of drug-likeness (QED) is 0.707. The lowest BCUT2D eigenvalue weighted by molar-refractivity contribution is -0.116. The van der Waals surface area contributed by atoms with Gasteiger partial charge in [0.25, 0.3) is 0 Å². The predicted molar refractivity (Wildman–Crippen MR) is 70.1 cm³/mol. The van der Waals surface area contributed by atoms with Gasteiger partial charge in [0.15, 0.2) is 0 Å². The number of nitrogens with zero attached hydrogens (tertiary/aromatic N) is 3. The molecule has 6 nitrogen and oxygen atoms in total. The number of carbonyl (C=O) groups excluding carboxylic acids is 1. The molecule has 1 rings (SSSR count). The van der Waals surface area contributed by atoms with Gasteiger partial charge in [-0.2, -0.15) is 0 Å². The van der Waals surface area contributed by atoms with Gasteiger partial charge in [-0.15, -0.1) is 10.2 Å². The van der Waals surface area contributed by atoms with E-state index < -0.39 is 0 Å². The van der Waals surface area contributed by atoms with Gasteiger partial charge in [0.05, 0.1) is 11.4 Å². The molecule has 1 amide bonds. The second-order valence-corrected chi connectivity index (χ2v) is 4.03. The maximum atomic E-state index is 11.6. The van der Waals surface area contributed by atoms with Gasteiger partial charge in [0.1, 0.15) is 0 Å². The molecule has 0 spiro atoms. The van der Waals surface area contributed by atoms with Crippen molar-refractivity contribution in [2.75, 3.05) is 11.9 Å². The van der Waals surface area contributed by atoms with Crippen molar-refractivity contribution in [2.24, 2.45) is 5.73 Å². The Morgan fingerprint density at radius 2 is 1.89 bits per heavy atom. The van der Waals surface area contributed by atoms with Crippen molar-refractivity contribution >= 4 is 11.9 Å². The van der Waals surface area contributed by atoms with Gasteiger partial charge in [-0.1, -0.05) is 13.8 Å². The lowest BCUT2D eigenvalue weighted by atomic mass is 10.2. The van der Waals surface area contributed by atoms with E-state index in [1.165, 1.54) is 0 Å². The monoisotopic (exact) mass is 251 g/mol. The number of aryl methyl sites for hydroxylation is 2. The molecular formula is C12H21N5O. The van der Waals surface area contributed by atoms with Gasteiger partial charge in [0, 0.05) is 6.42 Å². The highest BCUT2D eigenvalue weighted by Gasteiger charge is 2.08. The molecule has 0 saturated heterocycles. The van der Waals surface area contributed by atoms with Crippen LogP contribution < -0.4 is 11.1 Å². The Labute approximate surface area is 107 Å². The summed E-state index contributed by atoms with van der Waals surface area (Å²) in [5, 5.41) is 10.6. The van der Waals surface area contributed by atoms with Crippen molar-refractivity contribution in [3.8, 4) is 0 Å². The zero-order valence-electron chi connectivity index (χ0n) is 11.1. The Kier molecular flexibility index (Phi) is 6.21. The first-order valence-electron chi connectivity index (χ1n) is 6.43. The van der Waals surface area contributed by atoms with Gasteiger partial charge in [-0.3, -0.25) is 10.1 Å². The summed E-state index contributed by atoms with van der Waals surface area (Å²) >= 11 is 0. The Bertz CT molecular complexity index is 394. The molecule has 0 atom stereocenters. The summed E-state index contributed by atoms with van der Waals surface area (Å²) in [5.41, 5.74) is 7.15. The number of nitrogens with two attached hydrogens (primary N) is 1. The normalized spacial score (nSPS) is 10.4. The van der Waals surface area contributed by atoms with Crippen molar-refractivity contribution in [3.05, 3.63) is 11.4 Å². The number of nitrogens with one attached hydrogen (secondary N) is 1. The highest BCUT2D eigenvalue weighted by atomic mass is 16.1. The number of hydrogen-bond acceptors (Lipinski definition) is 5. The lowest BCUT2D eigenvalue weighted by Crippen LogP contribution is -2.16. The van der Waals surface area contributed by atoms with Crippen molar-refractivity contribution in [1.82, 2.24) is 15.2 Å². The second kappa shape index (κ2) is 7.71. The van der Waals surface area contributed by atoms with E-state index in [0.29, 0.717) is 18.9 Å². The number of anilines is 1. The summed E-state index contributed by atoms with van der Waals surface area (Å²) < 4.78 is 0. The van der Waals surface area contributed by atoms with E-state index in [2.05, 4.69) is 20.5 Å². The van der Waals surface area contributed by atoms with Gasteiger partial charge in [0.2, 0.25) is 11.9 Å². The fourth-order valence-corrected chi connectivity index (χ4v) is 1.61. The Morgan fingerprint density at radius 1 is 1.17 bits per heavy atom. The molecule has 0 aliphatic rings. The predicted octanol–water partition coefficient (Wildman–Crippen LogP) is 1.06. The van der Waals surface area contributed by atoms with E-state index in [4.69, 9.17) is 5.73 Å². The van der Waals surface area contributed by atoms with Gasteiger partial charge >= 0.3 is 0 Å². The molecule has 0 aliphatic carbocycles. The average molecular weight is 251 g/mol. The van der Waals surface area contributed by atoms with Crippen LogP contribution in [-0.2, 0) is 17.6 Å². The highest BCUT2D eigenvalue weighted by molar-refractivity contribution is 5.88. The van der Waals surface area contributed by atoms with E-state index >= 15 is 0 Å². The minimum absolute atomic E-state index is 0.0865. The van der Waals surface area contributed by atoms with Crippen molar-refractivity contribution < 1.29 is 4.79 Å². The van der Waals surface area contributed by atoms with Gasteiger partial charge in [-0.05, 0) is 32.2 Å². The molecule has 18 heavy (non-hydrogen) atoms. The summed E-state index contributed by atoms with van der Waals surface area (Å²) in [5.74, 6) is 0.207. The Balaban J connectivity index is 2.59. The number of unbranched alkanes of at least 4 members (excludes halogenated alkanes) is 1. The molecule has 1 aromatic rings. The Morgan fingerprint density at radius 3 is 2.50 bits per heavy atom. The van der Waals surface area contributed by atoms with Crippen LogP contribution in [0.25, 0.3) is 0 Å². The largest absolute Gasteiger partial charge is 0.330 e. The van der Waals surface area contributed by atoms with E-state index in [9.17, 15) is 4.79 Å². The third kappa shape index (κ3) is 4.37. The average Bonchev–Trinajstić information content (AvgIpc) is 2.39. The third-order valence-corrected chi connectivity index (χ3v) is 2.62. The van der Waals surface area contributed by atoms with E-state index in [1.54, 1.807) is 0 Å². The van der Waals surface area contributed by atoms with Gasteiger partial charge < -0.3 is 5.73 Å². The van der Waals surface area contributed by atoms with E-state index in [-0.39, 0.29) is 5.91 Å². The fourth-order valence-electron chi connectivity index (χ4n) is 1.61. The number of aromatic nitrogens is 3. The van der Waals surface area contributed by atoms with E-state index in [1.807, 2.05) is 13.8 Å². The van der Waals surface area contributed by atoms with Crippen LogP contribution in [0.5, 0.6) is 0 Å². The second-order valence-electron chi connectivity index (χ2n) is 4.03. The molecule has 0 unspecified atom stereocenters. The highest BCUT2D eigenvalue weighted by Crippen LogP contribution is 2.07. The summed E-state index contributed by atoms with van der Waals surface area (Å²) in [7, 11) is 0. The first-order chi connectivity index (χ1) is 8.71. The van der Waals surface area contributed by atoms with Crippen LogP contribution in [0.1, 0.15) is 44.5 Å². The van der Waals surface area contributed by atoms with Crippen LogP contribution in [0, 0.1) is 0 Å². The summed E-state index contributed by atoms with van der Waals surface area (Å²) in [6.07, 6.45) is 3.66. The van der Waals surface area contributed by atoms with Crippen LogP contribution in [0.3, 0.4) is 0 Å². The molecular weight excluding hydrogens is 230 g/mol. The van der Waals surface area contributed by atoms with E-state index in [0.717, 1.165) is 37.1 Å². The van der Waals surface area contributed by atoms with Crippen LogP contribution in [0.4, 0.5) is 5.95 Å². The third-order valence-electron chi connectivity index (χ3n) is 2.62. The molecule has 6 heteroatoms. The number of amides is 1. The number of hydrogen-bond donors (Lipinski definition) is 2. The molecule has 0 saturated carbocycles. The number of carbonyl (C=O) groups is 1. The minimum Gasteiger partial charge on any atom is -0.330 e. The fraction of sp³-hybridized carbons (Fsp3) is 0.667. The van der Waals surface area contributed by atoms with Crippen molar-refractivity contribution in [2.45, 2.75) is 46.0 Å². The molecule has 3 N–H and O–H groups in total. The molecule has 1 aromatic heterocycles. The Hall–Kier alpha value is -1.56. The van der Waals surface area contributed by atoms with Gasteiger partial charge in [-0.25, -0.2) is 4.98 Å². The van der Waals surface area contributed by atoms with Crippen LogP contribution in [0.15, 0.2) is 0 Å². The summed E-state index contributed by atoms with van der Waals surface area (Å²) in [6.45, 7) is 4.63. The zero-order valence-corrected chi connectivity index (χ0v) is 11.1. The van der Waals surface area contributed by atoms with Crippen LogP contribution >= 0.6 is 0 Å². The lowest BCUT2D eigenvalue weighted by Gasteiger charge is -2.06. The van der Waals surface area contributed by atoms with Crippen LogP contribution in [-0.4, -0.2) is 27.6 Å². The molecule has 0 aromatic carbocycles. The molecule has 0 aliphatic heterocycles. The maximum absolute atomic E-state index is 11.6. The topological polar surface area (TPSA) is 93.8 Å². The molecule has 0 fully saturated rings. The van der Waals surface area contributed by atoms with Crippen molar-refractivity contribution in [1.29, 1.82) is 0 Å². The smallest absolute Gasteiger partial charge is 0.249 e. The summed E-state index contributed by atoms with van der Waals surface area (Å²) in [6, 6.07) is 0. The zero-order chi connectivity index (χ0) is 13.4. The minimum atomic E-state index is -0.0865. The number of rotatable bonds is 7. The summed E-state index contributed by atoms with van der Waals surface area (Å²) in [4.78, 5) is 15.9. The standard InChI is InChI=1S/C12H21N5O/c1-3-9-10(4-2)16-17-12(14-9)15-11(18)7-5-6-8-13/h3-8,13H2,1-2H3,(H,14,15,17,18). The SMILES string of the molecule is CCc1nnc(NC(=O)CCCCN)nc1CC. The first kappa shape index (κ1) is 14.5. The van der Waals surface area contributed by atoms with Crippen molar-refractivity contribution in [3.63, 3.8) is 0 Å². The molecule has 1 heterocycles.